The van der Waals surface area contributed by atoms with Crippen molar-refractivity contribution in [1.82, 2.24) is 9.97 Å². The molecule has 0 aliphatic heterocycles. The third-order valence-electron chi connectivity index (χ3n) is 3.67. The van der Waals surface area contributed by atoms with Crippen molar-refractivity contribution in [2.75, 3.05) is 5.32 Å². The first-order chi connectivity index (χ1) is 12.2. The van der Waals surface area contributed by atoms with Crippen molar-refractivity contribution in [2.45, 2.75) is 0 Å². The van der Waals surface area contributed by atoms with Crippen LogP contribution in [0.3, 0.4) is 0 Å². The lowest BCUT2D eigenvalue weighted by molar-refractivity contribution is 0.102. The summed E-state index contributed by atoms with van der Waals surface area (Å²) >= 11 is 8.01. The number of para-hydroxylation sites is 1. The zero-order valence-electron chi connectivity index (χ0n) is 12.9. The minimum absolute atomic E-state index is 0.225. The molecule has 0 unspecified atom stereocenters. The first-order valence-corrected chi connectivity index (χ1v) is 8.77. The van der Waals surface area contributed by atoms with Crippen molar-refractivity contribution < 1.29 is 4.79 Å². The number of halogens is 1. The Kier molecular flexibility index (Phi) is 4.17. The van der Waals surface area contributed by atoms with Crippen molar-refractivity contribution >= 4 is 44.7 Å². The van der Waals surface area contributed by atoms with Gasteiger partial charge in [-0.05, 0) is 42.5 Å². The molecule has 4 rings (SSSR count). The van der Waals surface area contributed by atoms with Crippen molar-refractivity contribution in [3.63, 3.8) is 0 Å². The minimum atomic E-state index is -0.225. The summed E-state index contributed by atoms with van der Waals surface area (Å²) in [7, 11) is 0. The van der Waals surface area contributed by atoms with Gasteiger partial charge in [-0.15, -0.1) is 11.3 Å². The standard InChI is InChI=1S/C19H12ClN3OS/c20-15-10-13(22-18(24)12-4-3-9-21-11-12)7-8-14(15)19-23-16-5-1-2-6-17(16)25-19/h1-11H,(H,22,24). The molecule has 0 bridgehead atoms. The summed E-state index contributed by atoms with van der Waals surface area (Å²) in [4.78, 5) is 20.8. The molecule has 0 aliphatic rings. The van der Waals surface area contributed by atoms with Gasteiger partial charge in [0, 0.05) is 23.6 Å². The molecular formula is C19H12ClN3OS. The molecule has 2 aromatic heterocycles. The van der Waals surface area contributed by atoms with Crippen LogP contribution in [0.15, 0.2) is 67.0 Å². The van der Waals surface area contributed by atoms with Gasteiger partial charge >= 0.3 is 0 Å². The number of nitrogens with one attached hydrogen (secondary N) is 1. The van der Waals surface area contributed by atoms with E-state index in [1.165, 1.54) is 6.20 Å². The Morgan fingerprint density at radius 1 is 1.08 bits per heavy atom. The number of hydrogen-bond acceptors (Lipinski definition) is 4. The summed E-state index contributed by atoms with van der Waals surface area (Å²) in [6.45, 7) is 0. The number of anilines is 1. The lowest BCUT2D eigenvalue weighted by Crippen LogP contribution is -2.11. The molecule has 6 heteroatoms. The summed E-state index contributed by atoms with van der Waals surface area (Å²) in [5.41, 5.74) is 2.92. The number of carbonyl (C=O) groups is 1. The normalized spacial score (nSPS) is 10.8. The van der Waals surface area contributed by atoms with Crippen LogP contribution in [-0.4, -0.2) is 15.9 Å². The van der Waals surface area contributed by atoms with Crippen LogP contribution in [0.5, 0.6) is 0 Å². The summed E-state index contributed by atoms with van der Waals surface area (Å²) in [6.07, 6.45) is 3.15. The molecule has 4 aromatic rings. The second-order valence-corrected chi connectivity index (χ2v) is 6.82. The van der Waals surface area contributed by atoms with Gasteiger partial charge < -0.3 is 5.32 Å². The van der Waals surface area contributed by atoms with Crippen LogP contribution in [0, 0.1) is 0 Å². The third-order valence-corrected chi connectivity index (χ3v) is 5.06. The van der Waals surface area contributed by atoms with Gasteiger partial charge in [-0.1, -0.05) is 23.7 Å². The molecule has 1 amide bonds. The highest BCUT2D eigenvalue weighted by Crippen LogP contribution is 2.35. The largest absolute Gasteiger partial charge is 0.322 e. The first kappa shape index (κ1) is 15.7. The smallest absolute Gasteiger partial charge is 0.257 e. The number of aromatic nitrogens is 2. The van der Waals surface area contributed by atoms with Gasteiger partial charge in [-0.3, -0.25) is 9.78 Å². The first-order valence-electron chi connectivity index (χ1n) is 7.57. The Labute approximate surface area is 153 Å². The summed E-state index contributed by atoms with van der Waals surface area (Å²) in [5, 5.41) is 4.23. The van der Waals surface area contributed by atoms with Crippen molar-refractivity contribution in [3.8, 4) is 10.6 Å². The number of fused-ring (bicyclic) bond motifs is 1. The second-order valence-electron chi connectivity index (χ2n) is 5.38. The third kappa shape index (κ3) is 3.24. The highest BCUT2D eigenvalue weighted by Gasteiger charge is 2.12. The van der Waals surface area contributed by atoms with Crippen molar-refractivity contribution in [2.24, 2.45) is 0 Å². The maximum atomic E-state index is 12.2. The van der Waals surface area contributed by atoms with Crippen LogP contribution in [0.4, 0.5) is 5.69 Å². The van der Waals surface area contributed by atoms with Gasteiger partial charge in [0.05, 0.1) is 20.8 Å². The van der Waals surface area contributed by atoms with Crippen molar-refractivity contribution in [1.29, 1.82) is 0 Å². The molecule has 0 radical (unpaired) electrons. The van der Waals surface area contributed by atoms with Crippen LogP contribution < -0.4 is 5.32 Å². The minimum Gasteiger partial charge on any atom is -0.322 e. The highest BCUT2D eigenvalue weighted by atomic mass is 35.5. The topological polar surface area (TPSA) is 54.9 Å². The second kappa shape index (κ2) is 6.63. The van der Waals surface area contributed by atoms with Crippen LogP contribution >= 0.6 is 22.9 Å². The number of hydrogen-bond donors (Lipinski definition) is 1. The lowest BCUT2D eigenvalue weighted by atomic mass is 10.2. The Morgan fingerprint density at radius 2 is 1.96 bits per heavy atom. The highest BCUT2D eigenvalue weighted by molar-refractivity contribution is 7.21. The van der Waals surface area contributed by atoms with E-state index >= 15 is 0 Å². The summed E-state index contributed by atoms with van der Waals surface area (Å²) < 4.78 is 1.11. The van der Waals surface area contributed by atoms with E-state index in [1.54, 1.807) is 35.7 Å². The number of carbonyl (C=O) groups excluding carboxylic acids is 1. The fourth-order valence-corrected chi connectivity index (χ4v) is 3.79. The molecule has 0 saturated carbocycles. The van der Waals surface area contributed by atoms with Crippen LogP contribution in [0.2, 0.25) is 5.02 Å². The van der Waals surface area contributed by atoms with Gasteiger partial charge in [-0.25, -0.2) is 4.98 Å². The SMILES string of the molecule is O=C(Nc1ccc(-c2nc3ccccc3s2)c(Cl)c1)c1cccnc1. The van der Waals surface area contributed by atoms with Crippen molar-refractivity contribution in [3.05, 3.63) is 77.6 Å². The zero-order chi connectivity index (χ0) is 17.2. The zero-order valence-corrected chi connectivity index (χ0v) is 14.5. The molecule has 0 aliphatic carbocycles. The summed E-state index contributed by atoms with van der Waals surface area (Å²) in [6, 6.07) is 16.8. The molecule has 4 nitrogen and oxygen atoms in total. The van der Waals surface area contributed by atoms with Gasteiger partial charge in [0.25, 0.3) is 5.91 Å². The molecular weight excluding hydrogens is 354 g/mol. The van der Waals surface area contributed by atoms with E-state index in [9.17, 15) is 4.79 Å². The van der Waals surface area contributed by atoms with Gasteiger partial charge in [0.1, 0.15) is 5.01 Å². The van der Waals surface area contributed by atoms with E-state index < -0.39 is 0 Å². The molecule has 25 heavy (non-hydrogen) atoms. The maximum absolute atomic E-state index is 12.2. The Morgan fingerprint density at radius 3 is 2.72 bits per heavy atom. The number of thiazole rings is 1. The van der Waals surface area contributed by atoms with E-state index in [-0.39, 0.29) is 5.91 Å². The van der Waals surface area contributed by atoms with E-state index in [2.05, 4.69) is 15.3 Å². The molecule has 0 saturated heterocycles. The quantitative estimate of drug-likeness (QED) is 0.538. The van der Waals surface area contributed by atoms with Crippen LogP contribution in [0.1, 0.15) is 10.4 Å². The van der Waals surface area contributed by atoms with Gasteiger partial charge in [0.15, 0.2) is 0 Å². The average molecular weight is 366 g/mol. The molecule has 122 valence electrons. The number of nitrogens with zero attached hydrogens (tertiary/aromatic N) is 2. The number of pyridine rings is 1. The Bertz CT molecular complexity index is 1030. The monoisotopic (exact) mass is 365 g/mol. The molecule has 0 atom stereocenters. The van der Waals surface area contributed by atoms with E-state index in [0.717, 1.165) is 20.8 Å². The predicted octanol–water partition coefficient (Wildman–Crippen LogP) is 5.26. The Hall–Kier alpha value is -2.76. The fourth-order valence-electron chi connectivity index (χ4n) is 2.45. The molecule has 0 fully saturated rings. The Balaban J connectivity index is 1.61. The fraction of sp³-hybridized carbons (Fsp3) is 0. The molecule has 2 heterocycles. The molecule has 1 N–H and O–H groups in total. The van der Waals surface area contributed by atoms with E-state index in [1.807, 2.05) is 36.4 Å². The number of amides is 1. The van der Waals surface area contributed by atoms with Crippen LogP contribution in [-0.2, 0) is 0 Å². The van der Waals surface area contributed by atoms with Gasteiger partial charge in [-0.2, -0.15) is 0 Å². The predicted molar refractivity (Wildman–Crippen MR) is 102 cm³/mol. The van der Waals surface area contributed by atoms with Crippen LogP contribution in [0.25, 0.3) is 20.8 Å². The summed E-state index contributed by atoms with van der Waals surface area (Å²) in [5.74, 6) is -0.225. The van der Waals surface area contributed by atoms with Gasteiger partial charge in [0.2, 0.25) is 0 Å². The molecule has 0 spiro atoms. The number of rotatable bonds is 3. The molecule has 2 aromatic carbocycles. The lowest BCUT2D eigenvalue weighted by Gasteiger charge is -2.07. The van der Waals surface area contributed by atoms with E-state index in [0.29, 0.717) is 16.3 Å². The number of benzene rings is 2. The average Bonchev–Trinajstić information content (AvgIpc) is 3.06. The maximum Gasteiger partial charge on any atom is 0.257 e. The van der Waals surface area contributed by atoms with E-state index in [4.69, 9.17) is 11.6 Å².